The van der Waals surface area contributed by atoms with Crippen molar-refractivity contribution in [2.45, 2.75) is 0 Å². The lowest BCUT2D eigenvalue weighted by Crippen LogP contribution is -2.53. The molecule has 5 rings (SSSR count). The molecule has 1 aliphatic carbocycles. The lowest BCUT2D eigenvalue weighted by molar-refractivity contribution is -0.750. The third-order valence-electron chi connectivity index (χ3n) is 4.87. The van der Waals surface area contributed by atoms with Crippen molar-refractivity contribution in [1.29, 1.82) is 0 Å². The van der Waals surface area contributed by atoms with Gasteiger partial charge < -0.3 is 4.74 Å². The van der Waals surface area contributed by atoms with Crippen LogP contribution in [0, 0.1) is 11.6 Å². The number of amidine groups is 1. The molecule has 3 aliphatic rings. The first-order chi connectivity index (χ1) is 14.1. The van der Waals surface area contributed by atoms with Crippen molar-refractivity contribution in [3.05, 3.63) is 107 Å². The predicted molar refractivity (Wildman–Crippen MR) is 106 cm³/mol. The van der Waals surface area contributed by atoms with Crippen LogP contribution < -0.4 is 10.6 Å². The molecule has 1 unspecified atom stereocenters. The molecule has 1 atom stereocenters. The van der Waals surface area contributed by atoms with Crippen LogP contribution in [0.4, 0.5) is 8.78 Å². The molecule has 7 heteroatoms. The van der Waals surface area contributed by atoms with Crippen LogP contribution in [-0.4, -0.2) is 16.6 Å². The minimum absolute atomic E-state index is 0.105. The molecule has 0 spiro atoms. The smallest absolute Gasteiger partial charge is 0.265 e. The number of benzene rings is 2. The molecule has 0 radical (unpaired) electrons. The number of hydrogen-bond donors (Lipinski definition) is 1. The van der Waals surface area contributed by atoms with Gasteiger partial charge in [0.25, 0.3) is 5.84 Å². The molecule has 5 nitrogen and oxygen atoms in total. The first-order valence-electron chi connectivity index (χ1n) is 8.89. The molecule has 2 N–H and O–H groups in total. The van der Waals surface area contributed by atoms with E-state index in [1.54, 1.807) is 42.9 Å². The van der Waals surface area contributed by atoms with Crippen molar-refractivity contribution in [1.82, 2.24) is 0 Å². The molecule has 0 fully saturated rings. The molecule has 0 amide bonds. The molecule has 0 bridgehead atoms. The van der Waals surface area contributed by atoms with E-state index in [2.05, 4.69) is 4.99 Å². The second-order valence-corrected chi connectivity index (χ2v) is 6.68. The number of rotatable bonds is 4. The number of nitrogens with two attached hydrogens (primary N) is 1. The maximum absolute atomic E-state index is 13.8. The standard InChI is InChI=1S/C22H15F2N4O/c23-17-5-2-6-18(24)21(17)29-16-9-7-15(8-10-16)22-27-20(14-3-1-4-14)19-13-26-11-12-28(19,22)25/h1-13H,25H2/q+1. The Morgan fingerprint density at radius 2 is 1.72 bits per heavy atom. The Morgan fingerprint density at radius 3 is 2.38 bits per heavy atom. The van der Waals surface area contributed by atoms with E-state index in [0.29, 0.717) is 11.6 Å². The number of allylic oxidation sites excluding steroid dienone is 4. The Hall–Kier alpha value is -3.68. The maximum Gasteiger partial charge on any atom is 0.265 e. The zero-order chi connectivity index (χ0) is 20.0. The van der Waals surface area contributed by atoms with E-state index >= 15 is 0 Å². The quantitative estimate of drug-likeness (QED) is 0.620. The highest BCUT2D eigenvalue weighted by atomic mass is 19.1. The third-order valence-corrected chi connectivity index (χ3v) is 4.87. The van der Waals surface area contributed by atoms with Gasteiger partial charge in [-0.15, -0.1) is 4.59 Å². The van der Waals surface area contributed by atoms with E-state index in [9.17, 15) is 8.78 Å². The predicted octanol–water partition coefficient (Wildman–Crippen LogP) is 4.47. The van der Waals surface area contributed by atoms with Gasteiger partial charge in [0.1, 0.15) is 17.6 Å². The summed E-state index contributed by atoms with van der Waals surface area (Å²) in [7, 11) is 0. The Kier molecular flexibility index (Phi) is 3.87. The van der Waals surface area contributed by atoms with E-state index in [1.807, 2.05) is 18.2 Å². The number of fused-ring (bicyclic) bond motifs is 1. The topological polar surface area (TPSA) is 60.0 Å². The van der Waals surface area contributed by atoms with E-state index in [0.717, 1.165) is 34.7 Å². The summed E-state index contributed by atoms with van der Waals surface area (Å²) in [5.74, 6) is 5.58. The van der Waals surface area contributed by atoms with Crippen molar-refractivity contribution < 1.29 is 18.1 Å². The van der Waals surface area contributed by atoms with Crippen molar-refractivity contribution >= 4 is 12.1 Å². The highest BCUT2D eigenvalue weighted by Crippen LogP contribution is 2.36. The summed E-state index contributed by atoms with van der Waals surface area (Å²) in [5, 5.41) is 0. The molecule has 2 aliphatic heterocycles. The zero-order valence-corrected chi connectivity index (χ0v) is 15.1. The van der Waals surface area contributed by atoms with Gasteiger partial charge in [-0.25, -0.2) is 8.78 Å². The maximum atomic E-state index is 13.8. The molecule has 2 heterocycles. The average molecular weight is 389 g/mol. The van der Waals surface area contributed by atoms with Gasteiger partial charge in [-0.05, 0) is 36.4 Å². The van der Waals surface area contributed by atoms with Gasteiger partial charge in [0.2, 0.25) is 5.70 Å². The van der Waals surface area contributed by atoms with Gasteiger partial charge in [-0.1, -0.05) is 24.3 Å². The van der Waals surface area contributed by atoms with E-state index in [-0.39, 0.29) is 4.59 Å². The van der Waals surface area contributed by atoms with Gasteiger partial charge in [0, 0.05) is 5.57 Å². The summed E-state index contributed by atoms with van der Waals surface area (Å²) in [4.78, 5) is 8.95. The average Bonchev–Trinajstić information content (AvgIpc) is 2.97. The van der Waals surface area contributed by atoms with Crippen LogP contribution in [0.25, 0.3) is 0 Å². The highest BCUT2D eigenvalue weighted by molar-refractivity contribution is 6.01. The molecule has 2 aromatic rings. The molecular weight excluding hydrogens is 374 g/mol. The number of ether oxygens (including phenoxy) is 1. The molecule has 29 heavy (non-hydrogen) atoms. The lowest BCUT2D eigenvalue weighted by atomic mass is 10.0. The van der Waals surface area contributed by atoms with Gasteiger partial charge in [-0.2, -0.15) is 10.8 Å². The van der Waals surface area contributed by atoms with Crippen molar-refractivity contribution in [3.8, 4) is 11.5 Å². The SMILES string of the molecule is N[N+]12C=CN=CC1=C(C1=CC=C1)N=C2c1ccc(Oc2c(F)cccc2F)cc1. The van der Waals surface area contributed by atoms with Crippen molar-refractivity contribution in [2.24, 2.45) is 15.8 Å². The van der Waals surface area contributed by atoms with Crippen LogP contribution in [0.15, 0.2) is 100 Å². The number of aliphatic imine (C=N–C) groups is 2. The Balaban J connectivity index is 1.48. The van der Waals surface area contributed by atoms with Crippen LogP contribution in [0.5, 0.6) is 11.5 Å². The minimum Gasteiger partial charge on any atom is -0.451 e. The normalized spacial score (nSPS) is 21.6. The minimum atomic E-state index is -0.765. The van der Waals surface area contributed by atoms with Crippen LogP contribution in [0.3, 0.4) is 0 Å². The Bertz CT molecular complexity index is 1190. The lowest BCUT2D eigenvalue weighted by Gasteiger charge is -2.26. The second kappa shape index (κ2) is 6.44. The van der Waals surface area contributed by atoms with E-state index in [1.165, 1.54) is 6.07 Å². The summed E-state index contributed by atoms with van der Waals surface area (Å²) in [6.45, 7) is 0. The summed E-state index contributed by atoms with van der Waals surface area (Å²) in [6.07, 6.45) is 11.0. The largest absolute Gasteiger partial charge is 0.451 e. The summed E-state index contributed by atoms with van der Waals surface area (Å²) in [5.41, 5.74) is 3.28. The Labute approximate surface area is 165 Å². The summed E-state index contributed by atoms with van der Waals surface area (Å²) >= 11 is 0. The fourth-order valence-electron chi connectivity index (χ4n) is 3.31. The molecular formula is C22H15F2N4O+. The van der Waals surface area contributed by atoms with Crippen LogP contribution in [0.2, 0.25) is 0 Å². The number of nitrogens with zero attached hydrogens (tertiary/aromatic N) is 3. The Morgan fingerprint density at radius 1 is 1.00 bits per heavy atom. The molecule has 0 aromatic heterocycles. The van der Waals surface area contributed by atoms with Crippen molar-refractivity contribution in [2.75, 3.05) is 0 Å². The number of quaternary nitrogens is 1. The van der Waals surface area contributed by atoms with Gasteiger partial charge in [0.05, 0.1) is 18.0 Å². The number of para-hydroxylation sites is 1. The molecule has 142 valence electrons. The fraction of sp³-hybridized carbons (Fsp3) is 0. The number of halogens is 2. The summed E-state index contributed by atoms with van der Waals surface area (Å²) < 4.78 is 32.9. The monoisotopic (exact) mass is 389 g/mol. The first kappa shape index (κ1) is 17.4. The molecule has 2 aromatic carbocycles. The van der Waals surface area contributed by atoms with Gasteiger partial charge >= 0.3 is 0 Å². The van der Waals surface area contributed by atoms with Crippen LogP contribution >= 0.6 is 0 Å². The fourth-order valence-corrected chi connectivity index (χ4v) is 3.31. The highest BCUT2D eigenvalue weighted by Gasteiger charge is 2.44. The number of hydrogen-bond acceptors (Lipinski definition) is 4. The van der Waals surface area contributed by atoms with Gasteiger partial charge in [0.15, 0.2) is 17.4 Å². The first-order valence-corrected chi connectivity index (χ1v) is 8.89. The second-order valence-electron chi connectivity index (χ2n) is 6.68. The van der Waals surface area contributed by atoms with Crippen LogP contribution in [-0.2, 0) is 0 Å². The zero-order valence-electron chi connectivity index (χ0n) is 15.1. The van der Waals surface area contributed by atoms with Crippen molar-refractivity contribution in [3.63, 3.8) is 0 Å². The van der Waals surface area contributed by atoms with E-state index < -0.39 is 17.4 Å². The van der Waals surface area contributed by atoms with Crippen LogP contribution in [0.1, 0.15) is 5.56 Å². The molecule has 0 saturated heterocycles. The molecule has 0 saturated carbocycles. The third kappa shape index (κ3) is 2.75. The van der Waals surface area contributed by atoms with E-state index in [4.69, 9.17) is 15.6 Å². The van der Waals surface area contributed by atoms with Gasteiger partial charge in [-0.3, -0.25) is 4.99 Å². The summed E-state index contributed by atoms with van der Waals surface area (Å²) in [6, 6.07) is 10.3.